The third kappa shape index (κ3) is 5.04. The standard InChI is InChI=1S/C11H18N4O4/c1-7(2)10-13-14-11(19-10)12-8(16)5-15(3)6-9(17)18-4/h7H,5-6H2,1-4H3,(H,12,14,16). The van der Waals surface area contributed by atoms with Crippen LogP contribution < -0.4 is 5.32 Å². The minimum atomic E-state index is -0.407. The number of hydrogen-bond acceptors (Lipinski definition) is 7. The van der Waals surface area contributed by atoms with Crippen molar-refractivity contribution in [3.63, 3.8) is 0 Å². The highest BCUT2D eigenvalue weighted by molar-refractivity contribution is 5.90. The normalized spacial score (nSPS) is 10.8. The van der Waals surface area contributed by atoms with Crippen LogP contribution in [0.5, 0.6) is 0 Å². The first kappa shape index (κ1) is 15.1. The Morgan fingerprint density at radius 3 is 2.58 bits per heavy atom. The van der Waals surface area contributed by atoms with Gasteiger partial charge in [0, 0.05) is 5.92 Å². The van der Waals surface area contributed by atoms with E-state index in [2.05, 4.69) is 20.3 Å². The maximum atomic E-state index is 11.6. The Bertz CT molecular complexity index is 444. The average molecular weight is 270 g/mol. The lowest BCUT2D eigenvalue weighted by Gasteiger charge is -2.13. The van der Waals surface area contributed by atoms with Crippen LogP contribution in [0.2, 0.25) is 0 Å². The van der Waals surface area contributed by atoms with Crippen molar-refractivity contribution in [1.82, 2.24) is 15.1 Å². The number of carbonyl (C=O) groups excluding carboxylic acids is 2. The fraction of sp³-hybridized carbons (Fsp3) is 0.636. The average Bonchev–Trinajstić information content (AvgIpc) is 2.76. The van der Waals surface area contributed by atoms with Gasteiger partial charge in [0.25, 0.3) is 0 Å². The second-order valence-electron chi connectivity index (χ2n) is 4.40. The van der Waals surface area contributed by atoms with Gasteiger partial charge in [-0.15, -0.1) is 5.10 Å². The molecule has 1 N–H and O–H groups in total. The third-order valence-corrected chi connectivity index (χ3v) is 2.22. The third-order valence-electron chi connectivity index (χ3n) is 2.22. The van der Waals surface area contributed by atoms with Gasteiger partial charge < -0.3 is 9.15 Å². The number of hydrogen-bond donors (Lipinski definition) is 1. The Morgan fingerprint density at radius 2 is 2.05 bits per heavy atom. The Labute approximate surface area is 111 Å². The molecular weight excluding hydrogens is 252 g/mol. The molecule has 1 rings (SSSR count). The molecule has 0 fully saturated rings. The number of ether oxygens (including phenoxy) is 1. The second kappa shape index (κ2) is 6.83. The number of esters is 1. The molecule has 0 aliphatic heterocycles. The van der Waals surface area contributed by atoms with Gasteiger partial charge in [0.15, 0.2) is 0 Å². The van der Waals surface area contributed by atoms with Gasteiger partial charge in [0.2, 0.25) is 11.8 Å². The van der Waals surface area contributed by atoms with E-state index in [4.69, 9.17) is 4.42 Å². The number of aromatic nitrogens is 2. The van der Waals surface area contributed by atoms with Crippen molar-refractivity contribution in [1.29, 1.82) is 0 Å². The van der Waals surface area contributed by atoms with Crippen LogP contribution in [0.1, 0.15) is 25.7 Å². The van der Waals surface area contributed by atoms with Crippen LogP contribution >= 0.6 is 0 Å². The Balaban J connectivity index is 2.44. The summed E-state index contributed by atoms with van der Waals surface area (Å²) in [7, 11) is 2.92. The molecular formula is C11H18N4O4. The minimum absolute atomic E-state index is 0.0223. The molecule has 0 unspecified atom stereocenters. The Kier molecular flexibility index (Phi) is 5.43. The van der Waals surface area contributed by atoms with Crippen LogP contribution in [0.25, 0.3) is 0 Å². The van der Waals surface area contributed by atoms with Crippen molar-refractivity contribution in [2.75, 3.05) is 32.6 Å². The zero-order valence-corrected chi connectivity index (χ0v) is 11.5. The first-order valence-electron chi connectivity index (χ1n) is 5.81. The van der Waals surface area contributed by atoms with Gasteiger partial charge in [-0.2, -0.15) is 0 Å². The lowest BCUT2D eigenvalue weighted by Crippen LogP contribution is -2.34. The van der Waals surface area contributed by atoms with Gasteiger partial charge in [0.1, 0.15) is 0 Å². The van der Waals surface area contributed by atoms with E-state index < -0.39 is 5.97 Å². The topological polar surface area (TPSA) is 97.6 Å². The minimum Gasteiger partial charge on any atom is -0.468 e. The van der Waals surface area contributed by atoms with E-state index in [1.54, 1.807) is 7.05 Å². The van der Waals surface area contributed by atoms with E-state index in [-0.39, 0.29) is 30.9 Å². The number of nitrogens with zero attached hydrogens (tertiary/aromatic N) is 3. The van der Waals surface area contributed by atoms with Crippen molar-refractivity contribution in [2.24, 2.45) is 0 Å². The molecule has 0 aliphatic rings. The number of anilines is 1. The van der Waals surface area contributed by atoms with Crippen LogP contribution in [0.15, 0.2) is 4.42 Å². The smallest absolute Gasteiger partial charge is 0.322 e. The first-order valence-corrected chi connectivity index (χ1v) is 5.81. The van der Waals surface area contributed by atoms with Crippen molar-refractivity contribution in [3.05, 3.63) is 5.89 Å². The molecule has 0 aromatic carbocycles. The van der Waals surface area contributed by atoms with Crippen LogP contribution in [0.4, 0.5) is 6.01 Å². The number of amides is 1. The van der Waals surface area contributed by atoms with Crippen molar-refractivity contribution >= 4 is 17.9 Å². The fourth-order valence-electron chi connectivity index (χ4n) is 1.26. The number of carbonyl (C=O) groups is 2. The molecule has 8 heteroatoms. The van der Waals surface area contributed by atoms with Crippen molar-refractivity contribution in [2.45, 2.75) is 19.8 Å². The lowest BCUT2D eigenvalue weighted by atomic mass is 10.2. The van der Waals surface area contributed by atoms with Gasteiger partial charge >= 0.3 is 12.0 Å². The highest BCUT2D eigenvalue weighted by atomic mass is 16.5. The molecule has 106 valence electrons. The summed E-state index contributed by atoms with van der Waals surface area (Å²) >= 11 is 0. The molecule has 0 bridgehead atoms. The molecule has 0 atom stereocenters. The molecule has 8 nitrogen and oxygen atoms in total. The number of likely N-dealkylation sites (N-methyl/N-ethyl adjacent to an activating group) is 1. The van der Waals surface area contributed by atoms with E-state index in [9.17, 15) is 9.59 Å². The van der Waals surface area contributed by atoms with E-state index in [0.29, 0.717) is 5.89 Å². The van der Waals surface area contributed by atoms with Crippen molar-refractivity contribution in [3.8, 4) is 0 Å². The van der Waals surface area contributed by atoms with Gasteiger partial charge in [-0.05, 0) is 7.05 Å². The van der Waals surface area contributed by atoms with Crippen LogP contribution in [-0.2, 0) is 14.3 Å². The van der Waals surface area contributed by atoms with Crippen molar-refractivity contribution < 1.29 is 18.7 Å². The largest absolute Gasteiger partial charge is 0.468 e. The molecule has 1 aromatic heterocycles. The number of nitrogens with one attached hydrogen (secondary N) is 1. The summed E-state index contributed by atoms with van der Waals surface area (Å²) in [5, 5.41) is 9.96. The quantitative estimate of drug-likeness (QED) is 0.739. The van der Waals surface area contributed by atoms with Crippen LogP contribution in [0.3, 0.4) is 0 Å². The van der Waals surface area contributed by atoms with Gasteiger partial charge in [-0.25, -0.2) is 0 Å². The van der Waals surface area contributed by atoms with Crippen LogP contribution in [0, 0.1) is 0 Å². The Hall–Kier alpha value is -1.96. The zero-order valence-electron chi connectivity index (χ0n) is 11.5. The highest BCUT2D eigenvalue weighted by Gasteiger charge is 2.14. The van der Waals surface area contributed by atoms with E-state index in [0.717, 1.165) is 0 Å². The number of rotatable bonds is 6. The first-order chi connectivity index (χ1) is 8.92. The predicted molar refractivity (Wildman–Crippen MR) is 66.5 cm³/mol. The summed E-state index contributed by atoms with van der Waals surface area (Å²) in [4.78, 5) is 24.2. The highest BCUT2D eigenvalue weighted by Crippen LogP contribution is 2.14. The van der Waals surface area contributed by atoms with Gasteiger partial charge in [0.05, 0.1) is 20.2 Å². The predicted octanol–water partition coefficient (Wildman–Crippen LogP) is 0.236. The molecule has 0 saturated carbocycles. The van der Waals surface area contributed by atoms with E-state index in [1.807, 2.05) is 13.8 Å². The molecule has 1 aromatic rings. The van der Waals surface area contributed by atoms with E-state index >= 15 is 0 Å². The summed E-state index contributed by atoms with van der Waals surface area (Å²) in [5.41, 5.74) is 0. The molecule has 1 heterocycles. The summed E-state index contributed by atoms with van der Waals surface area (Å²) in [6, 6.07) is 0.0557. The monoisotopic (exact) mass is 270 g/mol. The molecule has 0 saturated heterocycles. The SMILES string of the molecule is COC(=O)CN(C)CC(=O)Nc1nnc(C(C)C)o1. The Morgan fingerprint density at radius 1 is 1.37 bits per heavy atom. The molecule has 1 amide bonds. The maximum absolute atomic E-state index is 11.6. The molecule has 0 aliphatic carbocycles. The summed E-state index contributed by atoms with van der Waals surface area (Å²) in [6.45, 7) is 3.87. The number of methoxy groups -OCH3 is 1. The molecule has 0 spiro atoms. The fourth-order valence-corrected chi connectivity index (χ4v) is 1.26. The summed E-state index contributed by atoms with van der Waals surface area (Å²) in [5.74, 6) is -0.195. The molecule has 0 radical (unpaired) electrons. The summed E-state index contributed by atoms with van der Waals surface area (Å²) in [6.07, 6.45) is 0. The lowest BCUT2D eigenvalue weighted by molar-refractivity contribution is -0.141. The maximum Gasteiger partial charge on any atom is 0.322 e. The summed E-state index contributed by atoms with van der Waals surface area (Å²) < 4.78 is 9.73. The molecule has 19 heavy (non-hydrogen) atoms. The van der Waals surface area contributed by atoms with E-state index in [1.165, 1.54) is 12.0 Å². The zero-order chi connectivity index (χ0) is 14.4. The van der Waals surface area contributed by atoms with Gasteiger partial charge in [-0.1, -0.05) is 18.9 Å². The van der Waals surface area contributed by atoms with Gasteiger partial charge in [-0.3, -0.25) is 19.8 Å². The second-order valence-corrected chi connectivity index (χ2v) is 4.40. The van der Waals surface area contributed by atoms with Crippen LogP contribution in [-0.4, -0.2) is 54.2 Å².